The minimum absolute atomic E-state index is 0.0821. The summed E-state index contributed by atoms with van der Waals surface area (Å²) < 4.78 is 0. The second-order valence-corrected chi connectivity index (χ2v) is 7.33. The first-order valence-electron chi connectivity index (χ1n) is 7.60. The van der Waals surface area contributed by atoms with Crippen LogP contribution in [0.3, 0.4) is 0 Å². The highest BCUT2D eigenvalue weighted by Gasteiger charge is 2.12. The third-order valence-electron chi connectivity index (χ3n) is 3.47. The molecule has 122 valence electrons. The Morgan fingerprint density at radius 2 is 1.92 bits per heavy atom. The van der Waals surface area contributed by atoms with E-state index in [0.29, 0.717) is 5.56 Å². The molecule has 0 atom stereocenters. The van der Waals surface area contributed by atoms with Crippen LogP contribution in [0.4, 0.5) is 5.69 Å². The lowest BCUT2D eigenvalue weighted by Crippen LogP contribution is -2.13. The average molecular weight is 355 g/mol. The quantitative estimate of drug-likeness (QED) is 0.632. The van der Waals surface area contributed by atoms with E-state index >= 15 is 0 Å². The molecule has 0 spiro atoms. The monoisotopic (exact) mass is 354 g/mol. The first-order valence-corrected chi connectivity index (χ1v) is 9.53. The van der Waals surface area contributed by atoms with Crippen LogP contribution < -0.4 is 5.32 Å². The van der Waals surface area contributed by atoms with Crippen LogP contribution in [0.2, 0.25) is 0 Å². The normalized spacial score (nSPS) is 10.6. The molecule has 2 aromatic carbocycles. The highest BCUT2D eigenvalue weighted by atomic mass is 32.2. The summed E-state index contributed by atoms with van der Waals surface area (Å²) in [5.74, 6) is 0.679. The van der Waals surface area contributed by atoms with Crippen LogP contribution in [0.15, 0.2) is 58.3 Å². The van der Waals surface area contributed by atoms with Crippen molar-refractivity contribution in [2.75, 3.05) is 5.32 Å². The van der Waals surface area contributed by atoms with Gasteiger partial charge in [-0.1, -0.05) is 18.2 Å². The van der Waals surface area contributed by atoms with E-state index in [1.165, 1.54) is 0 Å². The molecule has 0 fully saturated rings. The maximum atomic E-state index is 12.7. The number of benzene rings is 2. The lowest BCUT2D eigenvalue weighted by Gasteiger charge is -2.11. The van der Waals surface area contributed by atoms with Crippen LogP contribution in [-0.2, 0) is 5.75 Å². The molecule has 5 heteroatoms. The first kappa shape index (κ1) is 16.7. The fraction of sp³-hybridized carbons (Fsp3) is 0.158. The van der Waals surface area contributed by atoms with Gasteiger partial charge in [0.1, 0.15) is 0 Å². The summed E-state index contributed by atoms with van der Waals surface area (Å²) in [4.78, 5) is 17.9. The minimum Gasteiger partial charge on any atom is -0.322 e. The molecule has 1 heterocycles. The molecule has 0 aliphatic rings. The molecule has 0 saturated heterocycles. The van der Waals surface area contributed by atoms with Gasteiger partial charge in [-0.15, -0.1) is 23.1 Å². The van der Waals surface area contributed by atoms with E-state index in [-0.39, 0.29) is 5.91 Å². The summed E-state index contributed by atoms with van der Waals surface area (Å²) >= 11 is 3.22. The van der Waals surface area contributed by atoms with Crippen LogP contribution in [0, 0.1) is 13.8 Å². The SMILES string of the molecule is Cc1cc(C)cc(NC(=O)c2ccccc2SCc2cscn2)c1. The van der Waals surface area contributed by atoms with Gasteiger partial charge < -0.3 is 5.32 Å². The lowest BCUT2D eigenvalue weighted by atomic mass is 10.1. The standard InChI is InChI=1S/C19H18N2OS2/c1-13-7-14(2)9-15(8-13)21-19(22)17-5-3-4-6-18(17)24-11-16-10-23-12-20-16/h3-10,12H,11H2,1-2H3,(H,21,22). The Morgan fingerprint density at radius 3 is 2.62 bits per heavy atom. The van der Waals surface area contributed by atoms with E-state index in [4.69, 9.17) is 0 Å². The predicted molar refractivity (Wildman–Crippen MR) is 102 cm³/mol. The zero-order valence-corrected chi connectivity index (χ0v) is 15.2. The number of anilines is 1. The summed E-state index contributed by atoms with van der Waals surface area (Å²) in [5.41, 5.74) is 6.66. The smallest absolute Gasteiger partial charge is 0.256 e. The number of thiazole rings is 1. The molecule has 1 N–H and O–H groups in total. The Hall–Kier alpha value is -2.11. The zero-order valence-electron chi connectivity index (χ0n) is 13.6. The molecule has 3 rings (SSSR count). The average Bonchev–Trinajstić information content (AvgIpc) is 3.05. The molecular formula is C19H18N2OS2. The fourth-order valence-electron chi connectivity index (χ4n) is 2.49. The maximum Gasteiger partial charge on any atom is 0.256 e. The number of thioether (sulfide) groups is 1. The van der Waals surface area contributed by atoms with Crippen molar-refractivity contribution in [3.63, 3.8) is 0 Å². The molecule has 0 aliphatic carbocycles. The van der Waals surface area contributed by atoms with Gasteiger partial charge in [0.05, 0.1) is 16.8 Å². The van der Waals surface area contributed by atoms with Crippen LogP contribution >= 0.6 is 23.1 Å². The van der Waals surface area contributed by atoms with Gasteiger partial charge in [0.2, 0.25) is 0 Å². The van der Waals surface area contributed by atoms with E-state index in [0.717, 1.165) is 33.2 Å². The Balaban J connectivity index is 1.76. The van der Waals surface area contributed by atoms with Crippen molar-refractivity contribution in [3.05, 3.63) is 75.7 Å². The van der Waals surface area contributed by atoms with E-state index in [1.54, 1.807) is 23.1 Å². The van der Waals surface area contributed by atoms with Gasteiger partial charge in [-0.3, -0.25) is 4.79 Å². The molecule has 3 nitrogen and oxygen atoms in total. The van der Waals surface area contributed by atoms with Crippen molar-refractivity contribution >= 4 is 34.7 Å². The summed E-state index contributed by atoms with van der Waals surface area (Å²) in [5, 5.41) is 5.04. The Bertz CT molecular complexity index is 824. The number of aryl methyl sites for hydroxylation is 2. The highest BCUT2D eigenvalue weighted by molar-refractivity contribution is 7.98. The second kappa shape index (κ2) is 7.64. The number of hydrogen-bond donors (Lipinski definition) is 1. The maximum absolute atomic E-state index is 12.7. The van der Waals surface area contributed by atoms with Gasteiger partial charge in [0.25, 0.3) is 5.91 Å². The highest BCUT2D eigenvalue weighted by Crippen LogP contribution is 2.27. The molecule has 24 heavy (non-hydrogen) atoms. The van der Waals surface area contributed by atoms with Gasteiger partial charge in [0, 0.05) is 21.7 Å². The van der Waals surface area contributed by atoms with Crippen molar-refractivity contribution in [2.24, 2.45) is 0 Å². The fourth-order valence-corrected chi connectivity index (χ4v) is 4.10. The largest absolute Gasteiger partial charge is 0.322 e. The predicted octanol–water partition coefficient (Wildman–Crippen LogP) is 5.30. The Kier molecular flexibility index (Phi) is 5.33. The number of nitrogens with one attached hydrogen (secondary N) is 1. The van der Waals surface area contributed by atoms with Crippen LogP contribution in [-0.4, -0.2) is 10.9 Å². The molecule has 1 amide bonds. The van der Waals surface area contributed by atoms with Crippen LogP contribution in [0.25, 0.3) is 0 Å². The Labute approximate surface area is 150 Å². The molecule has 0 radical (unpaired) electrons. The summed E-state index contributed by atoms with van der Waals surface area (Å²) in [7, 11) is 0. The van der Waals surface area contributed by atoms with Crippen molar-refractivity contribution in [1.82, 2.24) is 4.98 Å². The number of amides is 1. The number of rotatable bonds is 5. The molecule has 3 aromatic rings. The molecule has 0 saturated carbocycles. The van der Waals surface area contributed by atoms with Crippen molar-refractivity contribution in [3.8, 4) is 0 Å². The third kappa shape index (κ3) is 4.24. The molecule has 0 aliphatic heterocycles. The van der Waals surface area contributed by atoms with Gasteiger partial charge in [-0.05, 0) is 49.2 Å². The van der Waals surface area contributed by atoms with Crippen LogP contribution in [0.1, 0.15) is 27.2 Å². The van der Waals surface area contributed by atoms with Crippen LogP contribution in [0.5, 0.6) is 0 Å². The van der Waals surface area contributed by atoms with Crippen molar-refractivity contribution in [2.45, 2.75) is 24.5 Å². The van der Waals surface area contributed by atoms with Crippen molar-refractivity contribution in [1.29, 1.82) is 0 Å². The first-order chi connectivity index (χ1) is 11.6. The van der Waals surface area contributed by atoms with E-state index in [9.17, 15) is 4.79 Å². The summed E-state index contributed by atoms with van der Waals surface area (Å²) in [6.07, 6.45) is 0. The van der Waals surface area contributed by atoms with E-state index in [2.05, 4.69) is 16.4 Å². The third-order valence-corrected chi connectivity index (χ3v) is 5.21. The van der Waals surface area contributed by atoms with Crippen molar-refractivity contribution < 1.29 is 4.79 Å². The molecular weight excluding hydrogens is 336 g/mol. The second-order valence-electron chi connectivity index (χ2n) is 5.60. The number of nitrogens with zero attached hydrogens (tertiary/aromatic N) is 1. The lowest BCUT2D eigenvalue weighted by molar-refractivity contribution is 0.102. The van der Waals surface area contributed by atoms with Gasteiger partial charge in [-0.2, -0.15) is 0 Å². The van der Waals surface area contributed by atoms with Gasteiger partial charge in [-0.25, -0.2) is 4.98 Å². The van der Waals surface area contributed by atoms with Gasteiger partial charge in [0.15, 0.2) is 0 Å². The van der Waals surface area contributed by atoms with Gasteiger partial charge >= 0.3 is 0 Å². The summed E-state index contributed by atoms with van der Waals surface area (Å²) in [6, 6.07) is 13.7. The molecule has 1 aromatic heterocycles. The van der Waals surface area contributed by atoms with E-state index in [1.807, 2.05) is 61.1 Å². The molecule has 0 unspecified atom stereocenters. The molecule has 0 bridgehead atoms. The number of carbonyl (C=O) groups is 1. The zero-order chi connectivity index (χ0) is 16.9. The Morgan fingerprint density at radius 1 is 1.17 bits per heavy atom. The van der Waals surface area contributed by atoms with E-state index < -0.39 is 0 Å². The topological polar surface area (TPSA) is 42.0 Å². The number of hydrogen-bond acceptors (Lipinski definition) is 4. The summed E-state index contributed by atoms with van der Waals surface area (Å²) in [6.45, 7) is 4.06. The number of aromatic nitrogens is 1. The minimum atomic E-state index is -0.0821. The number of carbonyl (C=O) groups excluding carboxylic acids is 1.